The first-order chi connectivity index (χ1) is 29.7. The van der Waals surface area contributed by atoms with E-state index in [0.29, 0.717) is 23.2 Å². The molecule has 0 fully saturated rings. The van der Waals surface area contributed by atoms with Crippen LogP contribution in [-0.2, 0) is 0 Å². The average Bonchev–Trinajstić information content (AvgIpc) is 3.33. The molecule has 6 nitrogen and oxygen atoms in total. The molecule has 0 radical (unpaired) electrons. The summed E-state index contributed by atoms with van der Waals surface area (Å²) < 4.78 is 0. The Kier molecular flexibility index (Phi) is 8.42. The summed E-state index contributed by atoms with van der Waals surface area (Å²) >= 11 is 0. The Morgan fingerprint density at radius 2 is 0.783 bits per heavy atom. The third-order valence-electron chi connectivity index (χ3n) is 11.2. The van der Waals surface area contributed by atoms with Gasteiger partial charge in [-0.3, -0.25) is 9.97 Å². The summed E-state index contributed by atoms with van der Waals surface area (Å²) in [6.07, 6.45) is 3.71. The zero-order chi connectivity index (χ0) is 40.0. The molecule has 6 heteroatoms. The van der Waals surface area contributed by atoms with E-state index in [1.54, 1.807) is 0 Å². The summed E-state index contributed by atoms with van der Waals surface area (Å²) in [5.41, 5.74) is 11.5. The fraction of sp³-hybridized carbons (Fsp3) is 0. The predicted molar refractivity (Wildman–Crippen MR) is 244 cm³/mol. The highest BCUT2D eigenvalue weighted by Gasteiger charge is 2.19. The van der Waals surface area contributed by atoms with E-state index < -0.39 is 0 Å². The number of aromatic nitrogens is 5. The van der Waals surface area contributed by atoms with Crippen LogP contribution in [0.3, 0.4) is 0 Å². The van der Waals surface area contributed by atoms with Gasteiger partial charge >= 0.3 is 0 Å². The monoisotopic (exact) mass is 764 g/mol. The largest absolute Gasteiger partial charge is 0.256 e. The highest BCUT2D eigenvalue weighted by molar-refractivity contribution is 6.23. The number of rotatable bonds is 6. The third kappa shape index (κ3) is 6.01. The van der Waals surface area contributed by atoms with E-state index in [2.05, 4.69) is 95.8 Å². The molecule has 0 aliphatic heterocycles. The van der Waals surface area contributed by atoms with Crippen molar-refractivity contribution in [2.24, 2.45) is 0 Å². The van der Waals surface area contributed by atoms with E-state index in [0.717, 1.165) is 93.4 Å². The Labute approximate surface area is 346 Å². The lowest BCUT2D eigenvalue weighted by Crippen LogP contribution is -2.00. The van der Waals surface area contributed by atoms with Crippen molar-refractivity contribution in [1.82, 2.24) is 24.9 Å². The fourth-order valence-electron chi connectivity index (χ4n) is 8.42. The van der Waals surface area contributed by atoms with Gasteiger partial charge in [0.2, 0.25) is 0 Å². The topological polar surface area (TPSA) is 68.8 Å². The molecule has 3 aromatic heterocycles. The lowest BCUT2D eigenvalue weighted by atomic mass is 9.88. The molecule has 0 N–H and O–H groups in total. The fourth-order valence-corrected chi connectivity index (χ4v) is 8.42. The lowest BCUT2D eigenvalue weighted by molar-refractivity contribution is 1.07. The van der Waals surface area contributed by atoms with E-state index in [1.165, 1.54) is 0 Å². The molecule has 0 saturated heterocycles. The van der Waals surface area contributed by atoms with Crippen molar-refractivity contribution in [2.45, 2.75) is 0 Å². The Morgan fingerprint density at radius 3 is 1.42 bits per heavy atom. The molecule has 11 rings (SSSR count). The molecule has 60 heavy (non-hydrogen) atoms. The van der Waals surface area contributed by atoms with E-state index in [-0.39, 0.29) is 0 Å². The smallest absolute Gasteiger partial charge is 0.187 e. The third-order valence-corrected chi connectivity index (χ3v) is 11.2. The van der Waals surface area contributed by atoms with Gasteiger partial charge in [-0.2, -0.15) is 0 Å². The first kappa shape index (κ1) is 34.8. The molecule has 0 aliphatic carbocycles. The van der Waals surface area contributed by atoms with Crippen molar-refractivity contribution >= 4 is 49.0 Å². The molecular weight excluding hydrogens is 733 g/mol. The number of pyridine rings is 2. The molecule has 0 aliphatic rings. The highest BCUT2D eigenvalue weighted by atomic mass is 15.0. The first-order valence-electron chi connectivity index (χ1n) is 19.8. The van der Waals surface area contributed by atoms with Crippen LogP contribution in [0, 0.1) is 6.57 Å². The Bertz CT molecular complexity index is 3440. The SMILES string of the molecule is [C-]#[N+]c1cccc(-c2cc3c4cccnc4c(-c4ccc(-c5cccc(-c6nc(-c7ccccc7)nc(-c7ccccc7)n6)c5)c5ccccc45)cc3c3cccnc23)c1. The lowest BCUT2D eigenvalue weighted by Gasteiger charge is -2.17. The molecule has 0 amide bonds. The van der Waals surface area contributed by atoms with Crippen molar-refractivity contribution < 1.29 is 0 Å². The molecule has 0 unspecified atom stereocenters. The predicted octanol–water partition coefficient (Wildman–Crippen LogP) is 13.8. The second-order valence-electron chi connectivity index (χ2n) is 14.7. The summed E-state index contributed by atoms with van der Waals surface area (Å²) in [6, 6.07) is 62.2. The number of fused-ring (bicyclic) bond motifs is 6. The standard InChI is InChI=1S/C54H32N6/c1-55-39-21-11-19-37(31-39)46-32-47-45-25-13-29-57-51(45)49(33-48(47)44-24-12-28-56-50(44)46)43-27-26-40(41-22-8-9-23-42(41)43)36-18-10-20-38(30-36)54-59-52(34-14-4-2-5-15-34)58-53(60-54)35-16-6-3-7-17-35/h2-33H. The van der Waals surface area contributed by atoms with Crippen LogP contribution in [0.15, 0.2) is 194 Å². The summed E-state index contributed by atoms with van der Waals surface area (Å²) in [4.78, 5) is 28.6. The van der Waals surface area contributed by atoms with Gasteiger partial charge < -0.3 is 0 Å². The minimum Gasteiger partial charge on any atom is -0.256 e. The highest BCUT2D eigenvalue weighted by Crippen LogP contribution is 2.44. The Hall–Kier alpha value is -8.40. The zero-order valence-corrected chi connectivity index (χ0v) is 32.2. The second kappa shape index (κ2) is 14.5. The van der Waals surface area contributed by atoms with Crippen LogP contribution in [0.25, 0.3) is 116 Å². The van der Waals surface area contributed by atoms with Crippen LogP contribution in [-0.4, -0.2) is 24.9 Å². The van der Waals surface area contributed by atoms with Gasteiger partial charge in [0.1, 0.15) is 0 Å². The van der Waals surface area contributed by atoms with Gasteiger partial charge in [0.25, 0.3) is 0 Å². The van der Waals surface area contributed by atoms with Crippen molar-refractivity contribution in [3.63, 3.8) is 0 Å². The maximum Gasteiger partial charge on any atom is 0.187 e. The second-order valence-corrected chi connectivity index (χ2v) is 14.7. The van der Waals surface area contributed by atoms with Crippen molar-refractivity contribution in [3.8, 4) is 67.5 Å². The molecule has 8 aromatic carbocycles. The Morgan fingerprint density at radius 1 is 0.317 bits per heavy atom. The maximum absolute atomic E-state index is 7.64. The molecule has 0 saturated carbocycles. The van der Waals surface area contributed by atoms with E-state index in [4.69, 9.17) is 31.5 Å². The zero-order valence-electron chi connectivity index (χ0n) is 32.2. The number of benzene rings is 8. The van der Waals surface area contributed by atoms with Crippen LogP contribution < -0.4 is 0 Å². The van der Waals surface area contributed by atoms with E-state index in [1.807, 2.05) is 103 Å². The van der Waals surface area contributed by atoms with Crippen LogP contribution >= 0.6 is 0 Å². The minimum absolute atomic E-state index is 0.598. The molecule has 0 bridgehead atoms. The van der Waals surface area contributed by atoms with Crippen LogP contribution in [0.1, 0.15) is 0 Å². The summed E-state index contributed by atoms with van der Waals surface area (Å²) in [5.74, 6) is 1.87. The Balaban J connectivity index is 1.08. The van der Waals surface area contributed by atoms with Gasteiger partial charge in [-0.1, -0.05) is 146 Å². The van der Waals surface area contributed by atoms with Crippen molar-refractivity contribution in [3.05, 3.63) is 206 Å². The average molecular weight is 765 g/mol. The molecule has 11 aromatic rings. The molecular formula is C54H32N6. The molecule has 3 heterocycles. The van der Waals surface area contributed by atoms with Crippen molar-refractivity contribution in [2.75, 3.05) is 0 Å². The summed E-state index contributed by atoms with van der Waals surface area (Å²) in [5, 5.41) is 6.55. The summed E-state index contributed by atoms with van der Waals surface area (Å²) in [6.45, 7) is 7.64. The van der Waals surface area contributed by atoms with Gasteiger partial charge in [0.05, 0.1) is 17.6 Å². The van der Waals surface area contributed by atoms with E-state index in [9.17, 15) is 0 Å². The van der Waals surface area contributed by atoms with Gasteiger partial charge in [-0.15, -0.1) is 0 Å². The number of hydrogen-bond donors (Lipinski definition) is 0. The van der Waals surface area contributed by atoms with Crippen LogP contribution in [0.5, 0.6) is 0 Å². The van der Waals surface area contributed by atoms with Gasteiger partial charge in [-0.25, -0.2) is 19.8 Å². The van der Waals surface area contributed by atoms with Gasteiger partial charge in [-0.05, 0) is 80.2 Å². The van der Waals surface area contributed by atoms with Crippen molar-refractivity contribution in [1.29, 1.82) is 0 Å². The minimum atomic E-state index is 0.598. The quantitative estimate of drug-likeness (QED) is 0.125. The molecule has 278 valence electrons. The molecule has 0 atom stereocenters. The van der Waals surface area contributed by atoms with Gasteiger partial charge in [0.15, 0.2) is 23.2 Å². The van der Waals surface area contributed by atoms with Crippen LogP contribution in [0.2, 0.25) is 0 Å². The van der Waals surface area contributed by atoms with E-state index >= 15 is 0 Å². The maximum atomic E-state index is 7.64. The normalized spacial score (nSPS) is 11.3. The first-order valence-corrected chi connectivity index (χ1v) is 19.8. The summed E-state index contributed by atoms with van der Waals surface area (Å²) in [7, 11) is 0. The molecule has 0 spiro atoms. The van der Waals surface area contributed by atoms with Crippen LogP contribution in [0.4, 0.5) is 5.69 Å². The number of hydrogen-bond acceptors (Lipinski definition) is 5. The number of nitrogens with zero attached hydrogens (tertiary/aromatic N) is 6. The van der Waals surface area contributed by atoms with Gasteiger partial charge in [0, 0.05) is 51.0 Å².